The van der Waals surface area contributed by atoms with Crippen molar-refractivity contribution in [2.45, 2.75) is 31.7 Å². The van der Waals surface area contributed by atoms with Crippen molar-refractivity contribution in [2.24, 2.45) is 7.05 Å². The molecule has 0 aliphatic carbocycles. The Morgan fingerprint density at radius 2 is 2.23 bits per heavy atom. The summed E-state index contributed by atoms with van der Waals surface area (Å²) in [6, 6.07) is 2.31. The van der Waals surface area contributed by atoms with Crippen LogP contribution in [0.3, 0.4) is 0 Å². The third-order valence-corrected chi connectivity index (χ3v) is 5.16. The first-order valence-corrected chi connectivity index (χ1v) is 9.24. The number of ether oxygens (including phenoxy) is 1. The molecule has 4 rings (SSSR count). The maximum absolute atomic E-state index is 12.7. The number of aryl methyl sites for hydroxylation is 1. The maximum Gasteiger partial charge on any atom is 0.227 e. The van der Waals surface area contributed by atoms with Gasteiger partial charge in [0.15, 0.2) is 0 Å². The molecule has 4 heterocycles. The lowest BCUT2D eigenvalue weighted by Gasteiger charge is -2.20. The summed E-state index contributed by atoms with van der Waals surface area (Å²) < 4.78 is 7.42. The molecule has 1 atom stereocenters. The van der Waals surface area contributed by atoms with Crippen molar-refractivity contribution in [3.63, 3.8) is 0 Å². The van der Waals surface area contributed by atoms with E-state index < -0.39 is 0 Å². The fourth-order valence-electron chi connectivity index (χ4n) is 3.69. The zero-order valence-corrected chi connectivity index (χ0v) is 15.1. The van der Waals surface area contributed by atoms with Crippen molar-refractivity contribution in [3.8, 4) is 0 Å². The topological polar surface area (TPSA) is 72.3 Å². The van der Waals surface area contributed by atoms with Gasteiger partial charge in [-0.15, -0.1) is 0 Å². The molecule has 0 saturated carbocycles. The molecule has 2 aromatic heterocycles. The molecule has 2 aliphatic rings. The molecule has 2 aliphatic heterocycles. The molecule has 2 aromatic rings. The predicted octanol–water partition coefficient (Wildman–Crippen LogP) is 1.19. The molecular weight excluding hydrogens is 330 g/mol. The molecule has 0 spiro atoms. The zero-order chi connectivity index (χ0) is 17.9. The molecule has 1 fully saturated rings. The number of hydrogen-bond acceptors (Lipinski definition) is 5. The Morgan fingerprint density at radius 1 is 1.35 bits per heavy atom. The average molecular weight is 355 g/mol. The van der Waals surface area contributed by atoms with Gasteiger partial charge in [-0.05, 0) is 24.5 Å². The van der Waals surface area contributed by atoms with E-state index in [0.29, 0.717) is 25.6 Å². The number of rotatable bonds is 4. The van der Waals surface area contributed by atoms with Crippen molar-refractivity contribution < 1.29 is 9.53 Å². The Labute approximate surface area is 153 Å². The Kier molecular flexibility index (Phi) is 4.88. The number of anilines is 1. The molecule has 7 heteroatoms. The lowest BCUT2D eigenvalue weighted by Crippen LogP contribution is -2.34. The number of fused-ring (bicyclic) bond motifs is 1. The van der Waals surface area contributed by atoms with Crippen LogP contribution in [0.5, 0.6) is 0 Å². The second-order valence-electron chi connectivity index (χ2n) is 7.10. The third kappa shape index (κ3) is 3.72. The number of amides is 1. The predicted molar refractivity (Wildman–Crippen MR) is 98.0 cm³/mol. The van der Waals surface area contributed by atoms with E-state index in [4.69, 9.17) is 4.74 Å². The molecule has 0 radical (unpaired) electrons. The first-order chi connectivity index (χ1) is 12.7. The Balaban J connectivity index is 1.44. The molecule has 0 unspecified atom stereocenters. The van der Waals surface area contributed by atoms with E-state index in [0.717, 1.165) is 55.1 Å². The van der Waals surface area contributed by atoms with E-state index in [9.17, 15) is 4.79 Å². The second kappa shape index (κ2) is 7.45. The van der Waals surface area contributed by atoms with Crippen LogP contribution in [-0.4, -0.2) is 57.7 Å². The molecule has 1 amide bonds. The van der Waals surface area contributed by atoms with Gasteiger partial charge in [-0.2, -0.15) is 0 Å². The minimum absolute atomic E-state index is 0.177. The first kappa shape index (κ1) is 17.0. The van der Waals surface area contributed by atoms with Gasteiger partial charge in [0.05, 0.1) is 24.8 Å². The Hall–Kier alpha value is -2.41. The number of nitrogens with zero attached hydrogens (tertiary/aromatic N) is 4. The van der Waals surface area contributed by atoms with Gasteiger partial charge in [-0.3, -0.25) is 4.79 Å². The zero-order valence-electron chi connectivity index (χ0n) is 15.1. The minimum Gasteiger partial charge on any atom is -0.379 e. The summed E-state index contributed by atoms with van der Waals surface area (Å²) in [6.45, 7) is 2.94. The van der Waals surface area contributed by atoms with Crippen molar-refractivity contribution in [2.75, 3.05) is 31.6 Å². The van der Waals surface area contributed by atoms with Gasteiger partial charge in [0.25, 0.3) is 0 Å². The lowest BCUT2D eigenvalue weighted by atomic mass is 10.1. The molecule has 26 heavy (non-hydrogen) atoms. The van der Waals surface area contributed by atoms with E-state index >= 15 is 0 Å². The van der Waals surface area contributed by atoms with Gasteiger partial charge < -0.3 is 19.5 Å². The highest BCUT2D eigenvalue weighted by atomic mass is 16.5. The SMILES string of the molecule is Cn1ccc(CC(=O)N2CCc3ncnc(N[C@@H]4CCOC4)c3CC2)c1. The average Bonchev–Trinajstić information content (AvgIpc) is 3.22. The standard InChI is InChI=1S/C19H25N5O2/c1-23-6-2-14(11-23)10-18(25)24-7-3-16-17(4-8-24)20-13-21-19(16)22-15-5-9-26-12-15/h2,6,11,13,15H,3-5,7-10,12H2,1H3,(H,20,21,22)/t15-/m1/s1. The molecule has 7 nitrogen and oxygen atoms in total. The molecule has 0 aromatic carbocycles. The van der Waals surface area contributed by atoms with Crippen molar-refractivity contribution in [1.29, 1.82) is 0 Å². The normalized spacial score (nSPS) is 19.9. The quantitative estimate of drug-likeness (QED) is 0.892. The van der Waals surface area contributed by atoms with E-state index in [1.54, 1.807) is 6.33 Å². The smallest absolute Gasteiger partial charge is 0.227 e. The van der Waals surface area contributed by atoms with Crippen LogP contribution < -0.4 is 5.32 Å². The lowest BCUT2D eigenvalue weighted by molar-refractivity contribution is -0.130. The largest absolute Gasteiger partial charge is 0.379 e. The fourth-order valence-corrected chi connectivity index (χ4v) is 3.69. The number of hydrogen-bond donors (Lipinski definition) is 1. The number of carbonyl (C=O) groups excluding carboxylic acids is 1. The minimum atomic E-state index is 0.177. The molecule has 1 saturated heterocycles. The number of carbonyl (C=O) groups is 1. The van der Waals surface area contributed by atoms with Gasteiger partial charge in [-0.1, -0.05) is 0 Å². The van der Waals surface area contributed by atoms with Crippen LogP contribution in [0.25, 0.3) is 0 Å². The van der Waals surface area contributed by atoms with E-state index in [2.05, 4.69) is 15.3 Å². The Bertz CT molecular complexity index is 782. The summed E-state index contributed by atoms with van der Waals surface area (Å²) in [7, 11) is 1.97. The van der Waals surface area contributed by atoms with Crippen LogP contribution in [-0.2, 0) is 35.8 Å². The number of aromatic nitrogens is 3. The summed E-state index contributed by atoms with van der Waals surface area (Å²) in [4.78, 5) is 23.6. The highest BCUT2D eigenvalue weighted by Crippen LogP contribution is 2.22. The van der Waals surface area contributed by atoms with Crippen molar-refractivity contribution in [3.05, 3.63) is 41.6 Å². The number of nitrogens with one attached hydrogen (secondary N) is 1. The molecule has 1 N–H and O–H groups in total. The van der Waals surface area contributed by atoms with E-state index in [-0.39, 0.29) is 5.91 Å². The first-order valence-electron chi connectivity index (χ1n) is 9.24. The van der Waals surface area contributed by atoms with Crippen molar-refractivity contribution >= 4 is 11.7 Å². The summed E-state index contributed by atoms with van der Waals surface area (Å²) in [5, 5.41) is 3.50. The van der Waals surface area contributed by atoms with Gasteiger partial charge in [0.1, 0.15) is 12.1 Å². The van der Waals surface area contributed by atoms with Crippen molar-refractivity contribution in [1.82, 2.24) is 19.4 Å². The summed E-state index contributed by atoms with van der Waals surface area (Å²) in [6.07, 6.45) is 8.61. The molecular formula is C19H25N5O2. The van der Waals surface area contributed by atoms with E-state index in [1.807, 2.05) is 35.0 Å². The Morgan fingerprint density at radius 3 is 3.00 bits per heavy atom. The summed E-state index contributed by atoms with van der Waals surface area (Å²) in [5.41, 5.74) is 3.26. The maximum atomic E-state index is 12.7. The highest BCUT2D eigenvalue weighted by Gasteiger charge is 2.24. The molecule has 138 valence electrons. The van der Waals surface area contributed by atoms with Crippen LogP contribution in [0.15, 0.2) is 24.8 Å². The monoisotopic (exact) mass is 355 g/mol. The van der Waals surface area contributed by atoms with Gasteiger partial charge in [-0.25, -0.2) is 9.97 Å². The van der Waals surface area contributed by atoms with Gasteiger partial charge >= 0.3 is 0 Å². The summed E-state index contributed by atoms with van der Waals surface area (Å²) >= 11 is 0. The van der Waals surface area contributed by atoms with Crippen LogP contribution in [0.2, 0.25) is 0 Å². The van der Waals surface area contributed by atoms with Crippen LogP contribution in [0.1, 0.15) is 23.2 Å². The van der Waals surface area contributed by atoms with Gasteiger partial charge in [0.2, 0.25) is 5.91 Å². The second-order valence-corrected chi connectivity index (χ2v) is 7.10. The summed E-state index contributed by atoms with van der Waals surface area (Å²) in [5.74, 6) is 1.08. The van der Waals surface area contributed by atoms with Gasteiger partial charge in [0, 0.05) is 51.1 Å². The van der Waals surface area contributed by atoms with E-state index in [1.165, 1.54) is 0 Å². The molecule has 0 bridgehead atoms. The van der Waals surface area contributed by atoms with Crippen LogP contribution >= 0.6 is 0 Å². The fraction of sp³-hybridized carbons (Fsp3) is 0.526. The van der Waals surface area contributed by atoms with Crippen LogP contribution in [0, 0.1) is 0 Å². The van der Waals surface area contributed by atoms with Crippen LogP contribution in [0.4, 0.5) is 5.82 Å². The third-order valence-electron chi connectivity index (χ3n) is 5.16. The highest BCUT2D eigenvalue weighted by molar-refractivity contribution is 5.79.